The van der Waals surface area contributed by atoms with Gasteiger partial charge in [-0.3, -0.25) is 14.5 Å². The van der Waals surface area contributed by atoms with Crippen LogP contribution in [0.25, 0.3) is 0 Å². The number of ether oxygens (including phenoxy) is 2. The predicted octanol–water partition coefficient (Wildman–Crippen LogP) is 1.27. The molecule has 10 N–H and O–H groups in total. The molecule has 292 valence electrons. The number of thioether (sulfide) groups is 2. The molecule has 2 aromatic heterocycles. The van der Waals surface area contributed by atoms with Gasteiger partial charge in [-0.25, -0.2) is 19.1 Å². The number of methoxy groups -OCH3 is 1. The van der Waals surface area contributed by atoms with Crippen LogP contribution in [-0.4, -0.2) is 89.7 Å². The first kappa shape index (κ1) is 39.4. The minimum absolute atomic E-state index is 0.00994. The number of carbonyl (C=O) groups excluding carboxylic acids is 3. The number of oxime groups is 1. The maximum Gasteiger partial charge on any atom is 0.355 e. The van der Waals surface area contributed by atoms with Crippen molar-refractivity contribution >= 4 is 81.1 Å². The number of anilines is 3. The van der Waals surface area contributed by atoms with Crippen LogP contribution in [0.1, 0.15) is 22.9 Å². The molecular weight excluding hydrogens is 791 g/mol. The molecule has 4 aromatic rings. The number of fused-ring (bicyclic) bond motifs is 1. The molecule has 6 rings (SSSR count). The number of phenols is 2. The number of aromatic hydroxyl groups is 2. The van der Waals surface area contributed by atoms with E-state index in [1.165, 1.54) is 53.0 Å². The van der Waals surface area contributed by atoms with Crippen molar-refractivity contribution in [3.05, 3.63) is 82.0 Å². The summed E-state index contributed by atoms with van der Waals surface area (Å²) in [5.41, 5.74) is 18.3. The van der Waals surface area contributed by atoms with Crippen molar-refractivity contribution in [3.8, 4) is 17.2 Å². The summed E-state index contributed by atoms with van der Waals surface area (Å²) in [6, 6.07) is 10.5. The van der Waals surface area contributed by atoms with E-state index in [2.05, 4.69) is 20.4 Å². The van der Waals surface area contributed by atoms with Gasteiger partial charge in [0.05, 0.1) is 20.2 Å². The number of nitrogens with zero attached hydrogens (tertiary/aromatic N) is 5. The van der Waals surface area contributed by atoms with Gasteiger partial charge in [0.25, 0.3) is 11.8 Å². The highest BCUT2D eigenvalue weighted by Crippen LogP contribution is 2.42. The highest BCUT2D eigenvalue weighted by molar-refractivity contribution is 8.01. The van der Waals surface area contributed by atoms with Gasteiger partial charge in [0.2, 0.25) is 17.7 Å². The fraction of sp³-hybridized carbons (Fsp3) is 0.235. The summed E-state index contributed by atoms with van der Waals surface area (Å²) in [6.07, 6.45) is -1.83. The standard InChI is InChI=1S/C34H33N9O10S3/c1-42-23(36)10-22(35)39-34(42)56-13-17-12-54-30-25(29(47)43(30)26(17)32(50)52-11-15-3-6-18(51-2)7-4-15)40-28(46)24(19-14-55-33(37)38-19)41-53-27(31(48)49)16-5-8-20(44)21(45)9-16/h3-10,14,25,27,30H,11-13H2,1-2H3,(H9,35,36,37,38,40,41,44,45,46,48,49)/p+1/t25-,27+,30-/m1/s1. The van der Waals surface area contributed by atoms with Crippen molar-refractivity contribution in [1.82, 2.24) is 20.2 Å². The van der Waals surface area contributed by atoms with E-state index < -0.39 is 58.5 Å². The second-order valence-corrected chi connectivity index (χ2v) is 15.0. The van der Waals surface area contributed by atoms with Crippen molar-refractivity contribution < 1.29 is 53.4 Å². The summed E-state index contributed by atoms with van der Waals surface area (Å²) >= 11 is 3.51. The first-order valence-electron chi connectivity index (χ1n) is 16.3. The van der Waals surface area contributed by atoms with Gasteiger partial charge in [-0.05, 0) is 47.2 Å². The lowest BCUT2D eigenvalue weighted by Crippen LogP contribution is -2.71. The Labute approximate surface area is 330 Å². The minimum atomic E-state index is -1.83. The topological polar surface area (TPSA) is 292 Å². The number of benzene rings is 2. The van der Waals surface area contributed by atoms with Crippen LogP contribution < -0.4 is 31.8 Å². The third-order valence-electron chi connectivity index (χ3n) is 8.38. The Balaban J connectivity index is 1.25. The average molecular weight is 825 g/mol. The first-order valence-corrected chi connectivity index (χ1v) is 19.2. The van der Waals surface area contributed by atoms with E-state index in [4.69, 9.17) is 31.5 Å². The Hall–Kier alpha value is -6.26. The van der Waals surface area contributed by atoms with Crippen molar-refractivity contribution in [3.63, 3.8) is 0 Å². The molecule has 56 heavy (non-hydrogen) atoms. The Morgan fingerprint density at radius 2 is 1.86 bits per heavy atom. The number of amides is 2. The van der Waals surface area contributed by atoms with Crippen molar-refractivity contribution in [2.45, 2.75) is 29.3 Å². The van der Waals surface area contributed by atoms with E-state index >= 15 is 0 Å². The van der Waals surface area contributed by atoms with E-state index in [9.17, 15) is 34.5 Å². The number of rotatable bonds is 14. The number of thiazole rings is 1. The van der Waals surface area contributed by atoms with Crippen LogP contribution in [0.3, 0.4) is 0 Å². The number of carbonyl (C=O) groups is 4. The largest absolute Gasteiger partial charge is 0.504 e. The molecule has 0 bridgehead atoms. The Morgan fingerprint density at radius 3 is 2.52 bits per heavy atom. The SMILES string of the molecule is COc1ccc(COC(=O)C2=C(CSc3nc(N)cc(N)[n+]3C)CS[C@@H]3[C@H](NC(=O)/C(=N\O[C@H](C(=O)O)c4ccc(O)c(O)c4)c4csc(N)n4)C(=O)N23)cc1. The molecule has 2 aliphatic heterocycles. The molecule has 2 aromatic carbocycles. The van der Waals surface area contributed by atoms with E-state index in [1.54, 1.807) is 35.9 Å². The number of esters is 1. The van der Waals surface area contributed by atoms with Crippen LogP contribution in [0, 0.1) is 0 Å². The number of nitrogens with two attached hydrogens (primary N) is 3. The van der Waals surface area contributed by atoms with Gasteiger partial charge in [0.15, 0.2) is 22.3 Å². The average Bonchev–Trinajstić information content (AvgIpc) is 3.61. The van der Waals surface area contributed by atoms with Crippen LogP contribution in [0.4, 0.5) is 16.8 Å². The number of β-lactam (4-membered cyclic amide) rings is 1. The van der Waals surface area contributed by atoms with E-state index in [-0.39, 0.29) is 46.0 Å². The summed E-state index contributed by atoms with van der Waals surface area (Å²) in [5.74, 6) is -3.33. The number of nitrogen functional groups attached to an aromatic ring is 3. The molecule has 2 aliphatic rings. The quantitative estimate of drug-likeness (QED) is 0.0138. The lowest BCUT2D eigenvalue weighted by Gasteiger charge is -2.49. The zero-order chi connectivity index (χ0) is 40.3. The molecule has 4 heterocycles. The molecule has 1 saturated heterocycles. The first-order chi connectivity index (χ1) is 26.7. The molecule has 2 amide bonds. The fourth-order valence-corrected chi connectivity index (χ4v) is 8.48. The number of nitrogens with one attached hydrogen (secondary N) is 1. The molecule has 19 nitrogen and oxygen atoms in total. The maximum atomic E-state index is 13.9. The third-order valence-corrected chi connectivity index (χ3v) is 11.5. The van der Waals surface area contributed by atoms with Crippen LogP contribution in [0.2, 0.25) is 0 Å². The Kier molecular flexibility index (Phi) is 11.7. The van der Waals surface area contributed by atoms with Crippen molar-refractivity contribution in [2.75, 3.05) is 35.8 Å². The summed E-state index contributed by atoms with van der Waals surface area (Å²) in [7, 11) is 3.24. The van der Waals surface area contributed by atoms with Gasteiger partial charge in [0, 0.05) is 22.4 Å². The second kappa shape index (κ2) is 16.6. The molecule has 3 atom stereocenters. The molecule has 0 saturated carbocycles. The highest BCUT2D eigenvalue weighted by Gasteiger charge is 2.55. The number of hydrogen-bond acceptors (Lipinski definition) is 18. The van der Waals surface area contributed by atoms with Crippen LogP contribution in [0.5, 0.6) is 17.2 Å². The lowest BCUT2D eigenvalue weighted by molar-refractivity contribution is -0.698. The number of hydrogen-bond donors (Lipinski definition) is 7. The van der Waals surface area contributed by atoms with E-state index in [0.717, 1.165) is 23.5 Å². The minimum Gasteiger partial charge on any atom is -0.504 e. The van der Waals surface area contributed by atoms with E-state index in [0.29, 0.717) is 27.9 Å². The van der Waals surface area contributed by atoms with Crippen LogP contribution in [-0.2, 0) is 42.4 Å². The smallest absolute Gasteiger partial charge is 0.355 e. The predicted molar refractivity (Wildman–Crippen MR) is 204 cm³/mol. The number of carboxylic acids is 1. The van der Waals surface area contributed by atoms with Gasteiger partial charge >= 0.3 is 17.1 Å². The van der Waals surface area contributed by atoms with Gasteiger partial charge in [0.1, 0.15) is 35.2 Å². The number of phenolic OH excluding ortho intramolecular Hbond substituents is 2. The second-order valence-electron chi connectivity index (χ2n) is 12.1. The van der Waals surface area contributed by atoms with Gasteiger partial charge in [-0.2, -0.15) is 0 Å². The zero-order valence-corrected chi connectivity index (χ0v) is 31.9. The Morgan fingerprint density at radius 1 is 1.11 bits per heavy atom. The van der Waals surface area contributed by atoms with Crippen LogP contribution >= 0.6 is 34.9 Å². The normalized spacial score (nSPS) is 17.1. The third kappa shape index (κ3) is 8.35. The summed E-state index contributed by atoms with van der Waals surface area (Å²) < 4.78 is 12.5. The van der Waals surface area contributed by atoms with Gasteiger partial charge < -0.3 is 52.1 Å². The lowest BCUT2D eigenvalue weighted by atomic mass is 10.0. The molecular formula is C34H34N9O10S3+. The number of aliphatic carboxylic acids is 1. The molecule has 22 heteroatoms. The van der Waals surface area contributed by atoms with Gasteiger partial charge in [-0.1, -0.05) is 28.3 Å². The molecule has 0 unspecified atom stereocenters. The zero-order valence-electron chi connectivity index (χ0n) is 29.4. The van der Waals surface area contributed by atoms with Crippen LogP contribution in [0.15, 0.2) is 75.5 Å². The Bertz CT molecular complexity index is 2270. The molecule has 0 spiro atoms. The maximum absolute atomic E-state index is 13.9. The summed E-state index contributed by atoms with van der Waals surface area (Å²) in [5, 5.41) is 37.0. The van der Waals surface area contributed by atoms with Gasteiger partial charge in [-0.15, -0.1) is 23.1 Å². The molecule has 0 radical (unpaired) electrons. The monoisotopic (exact) mass is 824 g/mol. The number of carboxylic acid groups (broad SMARTS) is 1. The fourth-order valence-electron chi connectivity index (χ4n) is 5.45. The van der Waals surface area contributed by atoms with E-state index in [1.807, 2.05) is 0 Å². The highest BCUT2D eigenvalue weighted by atomic mass is 32.2. The van der Waals surface area contributed by atoms with Crippen molar-refractivity contribution in [1.29, 1.82) is 0 Å². The van der Waals surface area contributed by atoms with Crippen molar-refractivity contribution in [2.24, 2.45) is 12.2 Å². The summed E-state index contributed by atoms with van der Waals surface area (Å²) in [6.45, 7) is -0.104. The molecule has 0 aliphatic carbocycles. The summed E-state index contributed by atoms with van der Waals surface area (Å²) in [4.78, 5) is 68.5. The number of aromatic nitrogens is 3. The molecule has 1 fully saturated rings.